The molecule has 0 saturated heterocycles. The average molecular weight is 356 g/mol. The molecule has 2 nitrogen and oxygen atoms in total. The van der Waals surface area contributed by atoms with Gasteiger partial charge in [0.05, 0.1) is 7.11 Å². The number of halogens is 1. The van der Waals surface area contributed by atoms with E-state index in [1.807, 2.05) is 6.07 Å². The first-order valence-corrected chi connectivity index (χ1v) is 8.76. The minimum Gasteiger partial charge on any atom is -0.497 e. The summed E-state index contributed by atoms with van der Waals surface area (Å²) < 4.78 is 6.52. The van der Waals surface area contributed by atoms with E-state index < -0.39 is 0 Å². The number of benzene rings is 1. The Morgan fingerprint density at radius 2 is 1.62 bits per heavy atom. The Hall–Kier alpha value is -0.540. The van der Waals surface area contributed by atoms with Crippen LogP contribution in [0.2, 0.25) is 0 Å². The first kappa shape index (κ1) is 18.5. The third-order valence-corrected chi connectivity index (χ3v) is 4.47. The molecule has 120 valence electrons. The van der Waals surface area contributed by atoms with Crippen LogP contribution in [0.1, 0.15) is 46.1 Å². The lowest BCUT2D eigenvalue weighted by Gasteiger charge is -2.25. The summed E-state index contributed by atoms with van der Waals surface area (Å²) in [7, 11) is 1.72. The van der Waals surface area contributed by atoms with E-state index in [0.717, 1.165) is 37.2 Å². The molecule has 0 heterocycles. The van der Waals surface area contributed by atoms with Crippen molar-refractivity contribution in [1.82, 2.24) is 4.90 Å². The Balaban J connectivity index is 2.73. The zero-order chi connectivity index (χ0) is 15.8. The highest BCUT2D eigenvalue weighted by Crippen LogP contribution is 2.24. The van der Waals surface area contributed by atoms with Gasteiger partial charge in [0.25, 0.3) is 0 Å². The summed E-state index contributed by atoms with van der Waals surface area (Å²) in [5.74, 6) is 2.43. The summed E-state index contributed by atoms with van der Waals surface area (Å²) in [6, 6.07) is 6.22. The minimum absolute atomic E-state index is 0.750. The molecule has 0 aliphatic heterocycles. The fraction of sp³-hybridized carbons (Fsp3) is 0.667. The Labute approximate surface area is 139 Å². The zero-order valence-corrected chi connectivity index (χ0v) is 15.7. The Morgan fingerprint density at radius 1 is 1.05 bits per heavy atom. The summed E-state index contributed by atoms with van der Waals surface area (Å²) in [6.45, 7) is 12.5. The fourth-order valence-electron chi connectivity index (χ4n) is 2.19. The van der Waals surface area contributed by atoms with Crippen molar-refractivity contribution >= 4 is 15.9 Å². The van der Waals surface area contributed by atoms with Crippen molar-refractivity contribution in [3.63, 3.8) is 0 Å². The lowest BCUT2D eigenvalue weighted by atomic mass is 10.1. The van der Waals surface area contributed by atoms with Gasteiger partial charge in [0, 0.05) is 11.0 Å². The smallest absolute Gasteiger partial charge is 0.119 e. The van der Waals surface area contributed by atoms with E-state index >= 15 is 0 Å². The van der Waals surface area contributed by atoms with Gasteiger partial charge in [-0.3, -0.25) is 4.90 Å². The summed E-state index contributed by atoms with van der Waals surface area (Å²) >= 11 is 3.67. The molecule has 0 saturated carbocycles. The quantitative estimate of drug-likeness (QED) is 0.591. The molecule has 1 aromatic carbocycles. The monoisotopic (exact) mass is 355 g/mol. The van der Waals surface area contributed by atoms with Gasteiger partial charge in [-0.15, -0.1) is 0 Å². The van der Waals surface area contributed by atoms with E-state index in [-0.39, 0.29) is 0 Å². The van der Waals surface area contributed by atoms with Crippen LogP contribution in [0, 0.1) is 11.8 Å². The molecular weight excluding hydrogens is 326 g/mol. The molecule has 0 bridgehead atoms. The SMILES string of the molecule is COc1ccc(Br)c(CN(CCC(C)C)CCC(C)C)c1. The predicted octanol–water partition coefficient (Wildman–Crippen LogP) is 5.35. The third-order valence-electron chi connectivity index (χ3n) is 3.69. The van der Waals surface area contributed by atoms with Gasteiger partial charge in [-0.1, -0.05) is 43.6 Å². The largest absolute Gasteiger partial charge is 0.497 e. The highest BCUT2D eigenvalue weighted by molar-refractivity contribution is 9.10. The lowest BCUT2D eigenvalue weighted by molar-refractivity contribution is 0.235. The van der Waals surface area contributed by atoms with Gasteiger partial charge in [0.2, 0.25) is 0 Å². The molecule has 0 aromatic heterocycles. The molecule has 1 rings (SSSR count). The van der Waals surface area contributed by atoms with Crippen LogP contribution < -0.4 is 4.74 Å². The summed E-state index contributed by atoms with van der Waals surface area (Å²) in [5.41, 5.74) is 1.31. The zero-order valence-electron chi connectivity index (χ0n) is 14.2. The van der Waals surface area contributed by atoms with Gasteiger partial charge in [-0.25, -0.2) is 0 Å². The van der Waals surface area contributed by atoms with Crippen LogP contribution in [0.25, 0.3) is 0 Å². The van der Waals surface area contributed by atoms with Gasteiger partial charge in [0.15, 0.2) is 0 Å². The number of hydrogen-bond acceptors (Lipinski definition) is 2. The molecule has 21 heavy (non-hydrogen) atoms. The van der Waals surface area contributed by atoms with Gasteiger partial charge in [-0.2, -0.15) is 0 Å². The molecule has 0 amide bonds. The normalized spacial score (nSPS) is 11.7. The standard InChI is InChI=1S/C18H30BrNO/c1-14(2)8-10-20(11-9-15(3)4)13-16-12-17(21-5)6-7-18(16)19/h6-7,12,14-15H,8-11,13H2,1-5H3. The summed E-state index contributed by atoms with van der Waals surface area (Å²) in [6.07, 6.45) is 2.50. The van der Waals surface area contributed by atoms with Gasteiger partial charge in [-0.05, 0) is 61.5 Å². The Kier molecular flexibility index (Phi) is 8.35. The first-order valence-electron chi connectivity index (χ1n) is 7.97. The van der Waals surface area contributed by atoms with Crippen LogP contribution in [0.15, 0.2) is 22.7 Å². The topological polar surface area (TPSA) is 12.5 Å². The highest BCUT2D eigenvalue weighted by Gasteiger charge is 2.11. The van der Waals surface area contributed by atoms with Crippen LogP contribution in [-0.4, -0.2) is 25.1 Å². The van der Waals surface area contributed by atoms with E-state index in [9.17, 15) is 0 Å². The van der Waals surface area contributed by atoms with Crippen molar-refractivity contribution in [3.8, 4) is 5.75 Å². The van der Waals surface area contributed by atoms with Gasteiger partial charge in [0.1, 0.15) is 5.75 Å². The second kappa shape index (κ2) is 9.47. The molecule has 0 radical (unpaired) electrons. The van der Waals surface area contributed by atoms with Crippen LogP contribution >= 0.6 is 15.9 Å². The minimum atomic E-state index is 0.750. The molecule has 0 aliphatic rings. The van der Waals surface area contributed by atoms with Crippen LogP contribution in [-0.2, 0) is 6.54 Å². The van der Waals surface area contributed by atoms with Crippen molar-refractivity contribution < 1.29 is 4.74 Å². The average Bonchev–Trinajstić information content (AvgIpc) is 2.43. The highest BCUT2D eigenvalue weighted by atomic mass is 79.9. The lowest BCUT2D eigenvalue weighted by Crippen LogP contribution is -2.27. The van der Waals surface area contributed by atoms with E-state index in [2.05, 4.69) is 60.7 Å². The molecule has 0 atom stereocenters. The molecule has 1 aromatic rings. The number of hydrogen-bond donors (Lipinski definition) is 0. The Morgan fingerprint density at radius 3 is 2.10 bits per heavy atom. The maximum absolute atomic E-state index is 5.35. The van der Waals surface area contributed by atoms with Crippen molar-refractivity contribution in [3.05, 3.63) is 28.2 Å². The van der Waals surface area contributed by atoms with Crippen LogP contribution in [0.5, 0.6) is 5.75 Å². The van der Waals surface area contributed by atoms with Gasteiger partial charge >= 0.3 is 0 Å². The number of rotatable bonds is 9. The fourth-order valence-corrected chi connectivity index (χ4v) is 2.56. The predicted molar refractivity (Wildman–Crippen MR) is 94.9 cm³/mol. The third kappa shape index (κ3) is 7.32. The van der Waals surface area contributed by atoms with Crippen molar-refractivity contribution in [1.29, 1.82) is 0 Å². The molecule has 0 unspecified atom stereocenters. The van der Waals surface area contributed by atoms with Crippen molar-refractivity contribution in [2.24, 2.45) is 11.8 Å². The van der Waals surface area contributed by atoms with Crippen LogP contribution in [0.3, 0.4) is 0 Å². The second-order valence-electron chi connectivity index (χ2n) is 6.60. The van der Waals surface area contributed by atoms with E-state index in [1.54, 1.807) is 7.11 Å². The van der Waals surface area contributed by atoms with E-state index in [4.69, 9.17) is 4.74 Å². The van der Waals surface area contributed by atoms with E-state index in [1.165, 1.54) is 22.9 Å². The molecule has 0 aliphatic carbocycles. The maximum atomic E-state index is 5.35. The van der Waals surface area contributed by atoms with E-state index in [0.29, 0.717) is 0 Å². The number of ether oxygens (including phenoxy) is 1. The van der Waals surface area contributed by atoms with Crippen molar-refractivity contribution in [2.45, 2.75) is 47.1 Å². The second-order valence-corrected chi connectivity index (χ2v) is 7.45. The molecular formula is C18H30BrNO. The number of methoxy groups -OCH3 is 1. The molecule has 0 fully saturated rings. The molecule has 0 spiro atoms. The first-order chi connectivity index (χ1) is 9.92. The Bertz CT molecular complexity index is 406. The summed E-state index contributed by atoms with van der Waals surface area (Å²) in [5, 5.41) is 0. The van der Waals surface area contributed by atoms with Gasteiger partial charge < -0.3 is 4.74 Å². The van der Waals surface area contributed by atoms with Crippen molar-refractivity contribution in [2.75, 3.05) is 20.2 Å². The molecule has 0 N–H and O–H groups in total. The number of nitrogens with zero attached hydrogens (tertiary/aromatic N) is 1. The summed E-state index contributed by atoms with van der Waals surface area (Å²) in [4.78, 5) is 2.57. The maximum Gasteiger partial charge on any atom is 0.119 e. The van der Waals surface area contributed by atoms with Crippen LogP contribution in [0.4, 0.5) is 0 Å². The molecule has 3 heteroatoms.